The van der Waals surface area contributed by atoms with Crippen LogP contribution in [0.4, 0.5) is 0 Å². The standard InChI is InChI=1S/C20H22O2/c1-14(15-7-4-3-5-8-15)13-18-16-9-6-10-19(21)17(16)11-12-20(18)22-2/h3-5,7-8,11-12,14H,6,9-10,13H2,1-2H3. The van der Waals surface area contributed by atoms with E-state index >= 15 is 0 Å². The molecule has 3 rings (SSSR count). The zero-order valence-corrected chi connectivity index (χ0v) is 13.3. The van der Waals surface area contributed by atoms with Gasteiger partial charge in [-0.1, -0.05) is 37.3 Å². The maximum atomic E-state index is 12.2. The van der Waals surface area contributed by atoms with Crippen LogP contribution in [0.5, 0.6) is 5.75 Å². The zero-order chi connectivity index (χ0) is 15.5. The average Bonchev–Trinajstić information content (AvgIpc) is 2.56. The van der Waals surface area contributed by atoms with Crippen molar-refractivity contribution in [2.75, 3.05) is 7.11 Å². The van der Waals surface area contributed by atoms with E-state index in [2.05, 4.69) is 31.2 Å². The Labute approximate surface area is 132 Å². The molecule has 0 heterocycles. The Morgan fingerprint density at radius 3 is 2.59 bits per heavy atom. The number of ether oxygens (including phenoxy) is 1. The lowest BCUT2D eigenvalue weighted by Crippen LogP contribution is -2.15. The summed E-state index contributed by atoms with van der Waals surface area (Å²) in [7, 11) is 1.71. The molecule has 1 atom stereocenters. The molecule has 0 amide bonds. The fourth-order valence-corrected chi connectivity index (χ4v) is 3.40. The highest BCUT2D eigenvalue weighted by Crippen LogP contribution is 2.34. The lowest BCUT2D eigenvalue weighted by molar-refractivity contribution is 0.0972. The first kappa shape index (κ1) is 14.8. The van der Waals surface area contributed by atoms with Gasteiger partial charge in [-0.15, -0.1) is 0 Å². The van der Waals surface area contributed by atoms with Crippen molar-refractivity contribution in [3.05, 3.63) is 64.7 Å². The van der Waals surface area contributed by atoms with Gasteiger partial charge < -0.3 is 4.74 Å². The normalized spacial score (nSPS) is 15.3. The van der Waals surface area contributed by atoms with Crippen molar-refractivity contribution in [1.29, 1.82) is 0 Å². The van der Waals surface area contributed by atoms with E-state index in [0.29, 0.717) is 12.3 Å². The summed E-state index contributed by atoms with van der Waals surface area (Å²) in [5.74, 6) is 1.59. The molecule has 1 aliphatic rings. The van der Waals surface area contributed by atoms with Gasteiger partial charge in [0, 0.05) is 12.0 Å². The molecular formula is C20H22O2. The number of fused-ring (bicyclic) bond motifs is 1. The molecule has 0 saturated carbocycles. The van der Waals surface area contributed by atoms with Crippen LogP contribution < -0.4 is 4.74 Å². The Morgan fingerprint density at radius 1 is 1.09 bits per heavy atom. The van der Waals surface area contributed by atoms with Crippen molar-refractivity contribution < 1.29 is 9.53 Å². The number of carbonyl (C=O) groups is 1. The van der Waals surface area contributed by atoms with Gasteiger partial charge in [0.25, 0.3) is 0 Å². The summed E-state index contributed by atoms with van der Waals surface area (Å²) < 4.78 is 5.57. The molecule has 0 aliphatic heterocycles. The number of ketones is 1. The summed E-state index contributed by atoms with van der Waals surface area (Å²) in [6, 6.07) is 14.4. The van der Waals surface area contributed by atoms with Crippen LogP contribution in [-0.4, -0.2) is 12.9 Å². The second kappa shape index (κ2) is 6.35. The number of carbonyl (C=O) groups excluding carboxylic acids is 1. The van der Waals surface area contributed by atoms with Crippen molar-refractivity contribution in [3.63, 3.8) is 0 Å². The van der Waals surface area contributed by atoms with E-state index < -0.39 is 0 Å². The van der Waals surface area contributed by atoms with Crippen LogP contribution in [0.25, 0.3) is 0 Å². The third-order valence-electron chi connectivity index (χ3n) is 4.62. The molecule has 0 saturated heterocycles. The van der Waals surface area contributed by atoms with Crippen LogP contribution in [0.2, 0.25) is 0 Å². The van der Waals surface area contributed by atoms with Gasteiger partial charge >= 0.3 is 0 Å². The maximum Gasteiger partial charge on any atom is 0.163 e. The molecule has 0 N–H and O–H groups in total. The van der Waals surface area contributed by atoms with Gasteiger partial charge in [-0.2, -0.15) is 0 Å². The summed E-state index contributed by atoms with van der Waals surface area (Å²) in [5.41, 5.74) is 4.65. The molecule has 1 unspecified atom stereocenters. The van der Waals surface area contributed by atoms with Crippen LogP contribution in [0.1, 0.15) is 52.7 Å². The van der Waals surface area contributed by atoms with Crippen molar-refractivity contribution in [1.82, 2.24) is 0 Å². The van der Waals surface area contributed by atoms with Crippen LogP contribution in [-0.2, 0) is 12.8 Å². The van der Waals surface area contributed by atoms with Gasteiger partial charge in [-0.05, 0) is 54.0 Å². The SMILES string of the molecule is COc1ccc2c(c1CC(C)c1ccccc1)CCCC2=O. The third kappa shape index (κ3) is 2.78. The van der Waals surface area contributed by atoms with E-state index in [1.54, 1.807) is 7.11 Å². The highest BCUT2D eigenvalue weighted by Gasteiger charge is 2.23. The van der Waals surface area contributed by atoms with Gasteiger partial charge in [-0.3, -0.25) is 4.79 Å². The fraction of sp³-hybridized carbons (Fsp3) is 0.350. The summed E-state index contributed by atoms with van der Waals surface area (Å²) in [4.78, 5) is 12.2. The zero-order valence-electron chi connectivity index (χ0n) is 13.3. The summed E-state index contributed by atoms with van der Waals surface area (Å²) >= 11 is 0. The fourth-order valence-electron chi connectivity index (χ4n) is 3.40. The molecule has 22 heavy (non-hydrogen) atoms. The highest BCUT2D eigenvalue weighted by atomic mass is 16.5. The Morgan fingerprint density at radius 2 is 1.86 bits per heavy atom. The number of Topliss-reactive ketones (excluding diaryl/α,β-unsaturated/α-hetero) is 1. The molecule has 2 nitrogen and oxygen atoms in total. The molecule has 0 radical (unpaired) electrons. The van der Waals surface area contributed by atoms with Crippen molar-refractivity contribution in [2.45, 2.75) is 38.5 Å². The molecule has 0 fully saturated rings. The van der Waals surface area contributed by atoms with E-state index in [-0.39, 0.29) is 5.78 Å². The predicted octanol–water partition coefficient (Wildman–Crippen LogP) is 4.56. The second-order valence-electron chi connectivity index (χ2n) is 6.07. The van der Waals surface area contributed by atoms with Crippen LogP contribution in [0.15, 0.2) is 42.5 Å². The predicted molar refractivity (Wildman–Crippen MR) is 88.8 cm³/mol. The quantitative estimate of drug-likeness (QED) is 0.826. The molecule has 0 aromatic heterocycles. The summed E-state index contributed by atoms with van der Waals surface area (Å²) in [5, 5.41) is 0. The first-order valence-electron chi connectivity index (χ1n) is 7.97. The number of methoxy groups -OCH3 is 1. The second-order valence-corrected chi connectivity index (χ2v) is 6.07. The molecule has 2 heteroatoms. The van der Waals surface area contributed by atoms with E-state index in [1.165, 1.54) is 16.7 Å². The molecule has 1 aliphatic carbocycles. The Hall–Kier alpha value is -2.09. The minimum atomic E-state index is 0.275. The van der Waals surface area contributed by atoms with Crippen LogP contribution in [0.3, 0.4) is 0 Å². The number of hydrogen-bond donors (Lipinski definition) is 0. The number of hydrogen-bond acceptors (Lipinski definition) is 2. The topological polar surface area (TPSA) is 26.3 Å². The Kier molecular flexibility index (Phi) is 4.28. The van der Waals surface area contributed by atoms with E-state index in [1.807, 2.05) is 18.2 Å². The van der Waals surface area contributed by atoms with Crippen LogP contribution in [0, 0.1) is 0 Å². The molecular weight excluding hydrogens is 272 g/mol. The highest BCUT2D eigenvalue weighted by molar-refractivity contribution is 5.99. The first-order valence-corrected chi connectivity index (χ1v) is 7.97. The monoisotopic (exact) mass is 294 g/mol. The molecule has 2 aromatic rings. The van der Waals surface area contributed by atoms with Crippen molar-refractivity contribution in [3.8, 4) is 5.75 Å². The van der Waals surface area contributed by atoms with Gasteiger partial charge in [0.15, 0.2) is 5.78 Å². The summed E-state index contributed by atoms with van der Waals surface area (Å²) in [6.07, 6.45) is 3.51. The maximum absolute atomic E-state index is 12.2. The molecule has 0 spiro atoms. The lowest BCUT2D eigenvalue weighted by atomic mass is 9.83. The van der Waals surface area contributed by atoms with Crippen molar-refractivity contribution >= 4 is 5.78 Å². The van der Waals surface area contributed by atoms with Gasteiger partial charge in [0.2, 0.25) is 0 Å². The molecule has 114 valence electrons. The lowest BCUT2D eigenvalue weighted by Gasteiger charge is -2.23. The third-order valence-corrected chi connectivity index (χ3v) is 4.62. The first-order chi connectivity index (χ1) is 10.7. The largest absolute Gasteiger partial charge is 0.496 e. The molecule has 0 bridgehead atoms. The van der Waals surface area contributed by atoms with Crippen LogP contribution >= 0.6 is 0 Å². The molecule has 2 aromatic carbocycles. The average molecular weight is 294 g/mol. The van der Waals surface area contributed by atoms with Gasteiger partial charge in [-0.25, -0.2) is 0 Å². The Bertz CT molecular complexity index is 674. The van der Waals surface area contributed by atoms with Crippen molar-refractivity contribution in [2.24, 2.45) is 0 Å². The number of rotatable bonds is 4. The number of benzene rings is 2. The van der Waals surface area contributed by atoms with E-state index in [0.717, 1.165) is 30.6 Å². The smallest absolute Gasteiger partial charge is 0.163 e. The van der Waals surface area contributed by atoms with Gasteiger partial charge in [0.05, 0.1) is 7.11 Å². The van der Waals surface area contributed by atoms with Gasteiger partial charge in [0.1, 0.15) is 5.75 Å². The minimum Gasteiger partial charge on any atom is -0.496 e. The minimum absolute atomic E-state index is 0.275. The Balaban J connectivity index is 1.98. The van der Waals surface area contributed by atoms with E-state index in [9.17, 15) is 4.79 Å². The summed E-state index contributed by atoms with van der Waals surface area (Å²) in [6.45, 7) is 2.23. The van der Waals surface area contributed by atoms with E-state index in [4.69, 9.17) is 4.74 Å².